The van der Waals surface area contributed by atoms with Crippen LogP contribution in [0.2, 0.25) is 0 Å². The van der Waals surface area contributed by atoms with Gasteiger partial charge < -0.3 is 5.11 Å². The van der Waals surface area contributed by atoms with Crippen LogP contribution in [0.3, 0.4) is 0 Å². The molecule has 0 atom stereocenters. The number of nitrogens with zero attached hydrogens (tertiary/aromatic N) is 1. The summed E-state index contributed by atoms with van der Waals surface area (Å²) in [5.74, 6) is -1.68. The second kappa shape index (κ2) is 5.49. The molecule has 0 spiro atoms. The molecule has 0 aliphatic carbocycles. The Bertz CT molecular complexity index is 736. The lowest BCUT2D eigenvalue weighted by atomic mass is 10.0. The van der Waals surface area contributed by atoms with E-state index in [9.17, 15) is 27.1 Å². The minimum Gasteiger partial charge on any atom is -0.386 e. The third kappa shape index (κ3) is 3.29. The van der Waals surface area contributed by atoms with Crippen LogP contribution in [-0.4, -0.2) is 15.8 Å². The van der Waals surface area contributed by atoms with Gasteiger partial charge in [0.15, 0.2) is 0 Å². The normalized spacial score (nSPS) is 12.5. The molecule has 1 heterocycles. The van der Waals surface area contributed by atoms with Crippen molar-refractivity contribution in [2.24, 2.45) is 0 Å². The predicted octanol–water partition coefficient (Wildman–Crippen LogP) is 4.56. The molecule has 7 heteroatoms. The molecule has 0 unspecified atom stereocenters. The van der Waals surface area contributed by atoms with Crippen LogP contribution in [-0.2, 0) is 5.60 Å². The van der Waals surface area contributed by atoms with E-state index in [1.807, 2.05) is 0 Å². The molecule has 0 aliphatic rings. The van der Waals surface area contributed by atoms with Crippen LogP contribution in [0.5, 0.6) is 0 Å². The van der Waals surface area contributed by atoms with Crippen molar-refractivity contribution in [3.63, 3.8) is 0 Å². The Labute approximate surface area is 129 Å². The van der Waals surface area contributed by atoms with Gasteiger partial charge >= 0.3 is 6.18 Å². The van der Waals surface area contributed by atoms with Gasteiger partial charge in [0.05, 0.1) is 16.9 Å². The first-order chi connectivity index (χ1) is 10.4. The molecule has 1 aromatic heterocycles. The first kappa shape index (κ1) is 17.2. The Hall–Kier alpha value is -2.15. The van der Waals surface area contributed by atoms with Gasteiger partial charge in [-0.15, -0.1) is 0 Å². The average Bonchev–Trinajstić information content (AvgIpc) is 2.75. The molecule has 23 heavy (non-hydrogen) atoms. The molecule has 2 nitrogen and oxygen atoms in total. The zero-order valence-electron chi connectivity index (χ0n) is 12.4. The Morgan fingerprint density at radius 1 is 1.09 bits per heavy atom. The minimum atomic E-state index is -4.78. The van der Waals surface area contributed by atoms with Crippen molar-refractivity contribution in [1.29, 1.82) is 0 Å². The Morgan fingerprint density at radius 3 is 2.04 bits per heavy atom. The van der Waals surface area contributed by atoms with Crippen molar-refractivity contribution in [3.8, 4) is 5.69 Å². The van der Waals surface area contributed by atoms with Crippen molar-refractivity contribution < 1.29 is 27.1 Å². The van der Waals surface area contributed by atoms with Crippen molar-refractivity contribution >= 4 is 5.57 Å². The number of benzene rings is 1. The Morgan fingerprint density at radius 2 is 1.61 bits per heavy atom. The van der Waals surface area contributed by atoms with Gasteiger partial charge in [-0.25, -0.2) is 4.39 Å². The molecule has 2 aromatic rings. The first-order valence-electron chi connectivity index (χ1n) is 6.59. The summed E-state index contributed by atoms with van der Waals surface area (Å²) in [7, 11) is 0. The van der Waals surface area contributed by atoms with Crippen LogP contribution in [0.1, 0.15) is 25.1 Å². The molecule has 0 saturated carbocycles. The number of aromatic nitrogens is 1. The fraction of sp³-hybridized carbons (Fsp3) is 0.250. The summed E-state index contributed by atoms with van der Waals surface area (Å²) in [6, 6.07) is 5.17. The van der Waals surface area contributed by atoms with E-state index in [1.54, 1.807) is 0 Å². The van der Waals surface area contributed by atoms with Crippen LogP contribution in [0.25, 0.3) is 11.3 Å². The van der Waals surface area contributed by atoms with Gasteiger partial charge in [0.25, 0.3) is 0 Å². The topological polar surface area (TPSA) is 25.2 Å². The second-order valence-electron chi connectivity index (χ2n) is 5.58. The number of rotatable bonds is 3. The lowest BCUT2D eigenvalue weighted by Gasteiger charge is -2.16. The summed E-state index contributed by atoms with van der Waals surface area (Å²) in [4.78, 5) is 0. The first-order valence-corrected chi connectivity index (χ1v) is 6.59. The standard InChI is InChI=1S/C16H14F5NO/c1-9(16(19,20)21)13-8-12(15(2,3)23)14(18)22(13)11-6-4-10(17)5-7-11/h4-8,23H,1H2,2-3H3. The van der Waals surface area contributed by atoms with Crippen LogP contribution >= 0.6 is 0 Å². The highest BCUT2D eigenvalue weighted by Crippen LogP contribution is 2.38. The molecule has 0 saturated heterocycles. The maximum atomic E-state index is 14.6. The van der Waals surface area contributed by atoms with Crippen LogP contribution in [0, 0.1) is 11.8 Å². The number of hydrogen-bond acceptors (Lipinski definition) is 1. The number of alkyl halides is 3. The molecule has 0 bridgehead atoms. The summed E-state index contributed by atoms with van der Waals surface area (Å²) >= 11 is 0. The van der Waals surface area contributed by atoms with E-state index in [0.717, 1.165) is 30.3 Å². The van der Waals surface area contributed by atoms with Gasteiger partial charge in [-0.1, -0.05) is 6.58 Å². The molecule has 124 valence electrons. The van der Waals surface area contributed by atoms with Gasteiger partial charge in [-0.3, -0.25) is 4.57 Å². The third-order valence-electron chi connectivity index (χ3n) is 3.34. The maximum Gasteiger partial charge on any atom is 0.417 e. The van der Waals surface area contributed by atoms with Gasteiger partial charge in [-0.2, -0.15) is 17.6 Å². The van der Waals surface area contributed by atoms with E-state index in [-0.39, 0.29) is 11.3 Å². The lowest BCUT2D eigenvalue weighted by Crippen LogP contribution is -2.17. The number of aliphatic hydroxyl groups is 1. The highest BCUT2D eigenvalue weighted by Gasteiger charge is 2.37. The fourth-order valence-corrected chi connectivity index (χ4v) is 2.13. The lowest BCUT2D eigenvalue weighted by molar-refractivity contribution is -0.0690. The van der Waals surface area contributed by atoms with E-state index >= 15 is 0 Å². The zero-order valence-corrected chi connectivity index (χ0v) is 12.4. The van der Waals surface area contributed by atoms with Gasteiger partial charge in [0, 0.05) is 11.3 Å². The van der Waals surface area contributed by atoms with Crippen LogP contribution < -0.4 is 0 Å². The average molecular weight is 331 g/mol. The predicted molar refractivity (Wildman–Crippen MR) is 76.0 cm³/mol. The monoisotopic (exact) mass is 331 g/mol. The van der Waals surface area contributed by atoms with E-state index in [0.29, 0.717) is 4.57 Å². The third-order valence-corrected chi connectivity index (χ3v) is 3.34. The summed E-state index contributed by atoms with van der Waals surface area (Å²) in [6.07, 6.45) is -4.78. The summed E-state index contributed by atoms with van der Waals surface area (Å²) in [5.41, 5.74) is -3.85. The summed E-state index contributed by atoms with van der Waals surface area (Å²) < 4.78 is 67.2. The maximum absolute atomic E-state index is 14.6. The molecular weight excluding hydrogens is 317 g/mol. The Balaban J connectivity index is 2.75. The van der Waals surface area contributed by atoms with Gasteiger partial charge in [-0.05, 0) is 44.2 Å². The number of halogens is 5. The molecule has 1 N–H and O–H groups in total. The molecular formula is C16H14F5NO. The van der Waals surface area contributed by atoms with Crippen LogP contribution in [0.15, 0.2) is 36.9 Å². The molecule has 0 fully saturated rings. The number of allylic oxidation sites excluding steroid dienone is 1. The Kier molecular flexibility index (Phi) is 4.11. The fourth-order valence-electron chi connectivity index (χ4n) is 2.13. The second-order valence-corrected chi connectivity index (χ2v) is 5.58. The van der Waals surface area contributed by atoms with E-state index in [2.05, 4.69) is 6.58 Å². The van der Waals surface area contributed by atoms with Crippen molar-refractivity contribution in [1.82, 2.24) is 4.57 Å². The quantitative estimate of drug-likeness (QED) is 0.820. The molecule has 2 rings (SSSR count). The smallest absolute Gasteiger partial charge is 0.386 e. The van der Waals surface area contributed by atoms with Crippen molar-refractivity contribution in [2.75, 3.05) is 0 Å². The minimum absolute atomic E-state index is 0.0141. The molecule has 0 amide bonds. The van der Waals surface area contributed by atoms with Crippen molar-refractivity contribution in [2.45, 2.75) is 25.6 Å². The molecule has 0 radical (unpaired) electrons. The largest absolute Gasteiger partial charge is 0.417 e. The highest BCUT2D eigenvalue weighted by molar-refractivity contribution is 5.68. The van der Waals surface area contributed by atoms with Crippen molar-refractivity contribution in [3.05, 3.63) is 59.9 Å². The molecule has 1 aromatic carbocycles. The van der Waals surface area contributed by atoms with E-state index < -0.39 is 34.8 Å². The number of hydrogen-bond donors (Lipinski definition) is 1. The van der Waals surface area contributed by atoms with Gasteiger partial charge in [0.2, 0.25) is 5.95 Å². The summed E-state index contributed by atoms with van der Waals surface area (Å²) in [6.45, 7) is 5.47. The zero-order chi connectivity index (χ0) is 17.6. The SMILES string of the molecule is C=C(c1cc(C(C)(C)O)c(F)n1-c1ccc(F)cc1)C(F)(F)F. The highest BCUT2D eigenvalue weighted by atomic mass is 19.4. The van der Waals surface area contributed by atoms with E-state index in [4.69, 9.17) is 0 Å². The molecule has 0 aliphatic heterocycles. The van der Waals surface area contributed by atoms with Gasteiger partial charge in [0.1, 0.15) is 5.82 Å². The van der Waals surface area contributed by atoms with Crippen LogP contribution in [0.4, 0.5) is 22.0 Å². The van der Waals surface area contributed by atoms with E-state index in [1.165, 1.54) is 13.8 Å². The summed E-state index contributed by atoms with van der Waals surface area (Å²) in [5, 5.41) is 9.96.